The monoisotopic (exact) mass is 323 g/mol. The van der Waals surface area contributed by atoms with Gasteiger partial charge in [-0.2, -0.15) is 0 Å². The molecule has 23 heavy (non-hydrogen) atoms. The Hall–Kier alpha value is -2.40. The maximum atomic E-state index is 13.0. The number of anilines is 2. The molecule has 0 aromatic heterocycles. The van der Waals surface area contributed by atoms with Crippen molar-refractivity contribution >= 4 is 34.6 Å². The van der Waals surface area contributed by atoms with E-state index in [9.17, 15) is 4.79 Å². The summed E-state index contributed by atoms with van der Waals surface area (Å²) in [7, 11) is 0. The number of hydrogen-bond donors (Lipinski definition) is 1. The van der Waals surface area contributed by atoms with Gasteiger partial charge in [-0.25, -0.2) is 0 Å². The van der Waals surface area contributed by atoms with Crippen LogP contribution in [0.15, 0.2) is 48.5 Å². The molecule has 2 aromatic rings. The van der Waals surface area contributed by atoms with Crippen LogP contribution >= 0.6 is 12.2 Å². The molecule has 0 saturated heterocycles. The van der Waals surface area contributed by atoms with E-state index < -0.39 is 0 Å². The summed E-state index contributed by atoms with van der Waals surface area (Å²) in [5.41, 5.74) is 3.65. The van der Waals surface area contributed by atoms with Gasteiger partial charge in [0.05, 0.1) is 11.3 Å². The molecule has 5 heteroatoms. The van der Waals surface area contributed by atoms with Crippen molar-refractivity contribution in [1.82, 2.24) is 4.90 Å². The van der Waals surface area contributed by atoms with Gasteiger partial charge in [0.25, 0.3) is 5.91 Å². The van der Waals surface area contributed by atoms with Crippen molar-refractivity contribution in [3.05, 3.63) is 59.7 Å². The van der Waals surface area contributed by atoms with Crippen LogP contribution in [0.2, 0.25) is 0 Å². The van der Waals surface area contributed by atoms with Crippen LogP contribution in [0.1, 0.15) is 35.4 Å². The predicted octanol–water partition coefficient (Wildman–Crippen LogP) is 3.77. The Morgan fingerprint density at radius 3 is 2.70 bits per heavy atom. The van der Waals surface area contributed by atoms with Crippen LogP contribution in [0.3, 0.4) is 0 Å². The van der Waals surface area contributed by atoms with Gasteiger partial charge in [-0.15, -0.1) is 0 Å². The minimum atomic E-state index is -0.178. The maximum Gasteiger partial charge on any atom is 0.257 e. The van der Waals surface area contributed by atoms with Gasteiger partial charge in [-0.3, -0.25) is 9.69 Å². The Bertz CT molecular complexity index is 804. The molecule has 4 rings (SSSR count). The first-order valence-corrected chi connectivity index (χ1v) is 8.22. The van der Waals surface area contributed by atoms with Crippen LogP contribution in [0.25, 0.3) is 0 Å². The van der Waals surface area contributed by atoms with Crippen LogP contribution in [0.4, 0.5) is 11.4 Å². The molecular weight excluding hydrogens is 306 g/mol. The third-order valence-corrected chi connectivity index (χ3v) is 4.66. The number of amides is 1. The molecule has 0 spiro atoms. The maximum absolute atomic E-state index is 13.0. The Morgan fingerprint density at radius 2 is 1.87 bits per heavy atom. The lowest BCUT2D eigenvalue weighted by atomic mass is 9.98. The number of carbonyl (C=O) groups excluding carboxylic acids is 1. The molecule has 1 atom stereocenters. The fourth-order valence-corrected chi connectivity index (χ4v) is 3.71. The fourth-order valence-electron chi connectivity index (χ4n) is 3.41. The van der Waals surface area contributed by atoms with E-state index in [-0.39, 0.29) is 12.1 Å². The minimum absolute atomic E-state index is 0.0724. The summed E-state index contributed by atoms with van der Waals surface area (Å²) in [6.07, 6.45) is 0.725. The van der Waals surface area contributed by atoms with Crippen molar-refractivity contribution < 1.29 is 4.79 Å². The Balaban J connectivity index is 1.96. The molecule has 0 saturated carbocycles. The topological polar surface area (TPSA) is 35.6 Å². The quantitative estimate of drug-likeness (QED) is 0.854. The first-order valence-electron chi connectivity index (χ1n) is 7.81. The molecule has 0 aliphatic carbocycles. The number of fused-ring (bicyclic) bond motifs is 5. The number of hydrogen-bond acceptors (Lipinski definition) is 2. The lowest BCUT2D eigenvalue weighted by Crippen LogP contribution is -2.55. The molecule has 0 bridgehead atoms. The van der Waals surface area contributed by atoms with Gasteiger partial charge in [-0.1, -0.05) is 37.3 Å². The summed E-state index contributed by atoms with van der Waals surface area (Å²) in [6.45, 7) is 2.79. The van der Waals surface area contributed by atoms with E-state index in [2.05, 4.69) is 23.2 Å². The van der Waals surface area contributed by atoms with Crippen molar-refractivity contribution in [2.75, 3.05) is 16.8 Å². The van der Waals surface area contributed by atoms with Gasteiger partial charge in [0, 0.05) is 17.8 Å². The molecule has 1 unspecified atom stereocenters. The number of rotatable bonds is 2. The van der Waals surface area contributed by atoms with Crippen molar-refractivity contribution in [2.24, 2.45) is 0 Å². The summed E-state index contributed by atoms with van der Waals surface area (Å²) >= 11 is 5.61. The summed E-state index contributed by atoms with van der Waals surface area (Å²) in [4.78, 5) is 17.0. The van der Waals surface area contributed by atoms with E-state index in [1.165, 1.54) is 0 Å². The van der Waals surface area contributed by atoms with E-state index in [4.69, 9.17) is 12.2 Å². The average molecular weight is 323 g/mol. The predicted molar refractivity (Wildman–Crippen MR) is 95.7 cm³/mol. The molecule has 1 amide bonds. The standard InChI is InChI=1S/C18H17N3OS/c1-2-11-20-16-12-7-3-5-9-14(12)19-18(23)21(16)15-10-6-4-8-13(15)17(20)22/h3-10,16H,2,11H2,1H3,(H,19,23). The first-order chi connectivity index (χ1) is 11.2. The van der Waals surface area contributed by atoms with Crippen LogP contribution < -0.4 is 10.2 Å². The molecule has 2 aliphatic rings. The van der Waals surface area contributed by atoms with Crippen LogP contribution in [0.5, 0.6) is 0 Å². The van der Waals surface area contributed by atoms with Gasteiger partial charge < -0.3 is 10.2 Å². The third-order valence-electron chi connectivity index (χ3n) is 4.36. The number of nitrogens with zero attached hydrogens (tertiary/aromatic N) is 2. The molecule has 0 fully saturated rings. The van der Waals surface area contributed by atoms with Crippen molar-refractivity contribution in [2.45, 2.75) is 19.5 Å². The average Bonchev–Trinajstić information content (AvgIpc) is 2.58. The molecule has 2 aromatic carbocycles. The molecule has 0 radical (unpaired) electrons. The molecule has 4 nitrogen and oxygen atoms in total. The zero-order valence-electron chi connectivity index (χ0n) is 12.8. The normalized spacial score (nSPS) is 18.9. The Morgan fingerprint density at radius 1 is 1.13 bits per heavy atom. The van der Waals surface area contributed by atoms with Crippen molar-refractivity contribution in [3.63, 3.8) is 0 Å². The Labute approximate surface area is 140 Å². The Kier molecular flexibility index (Phi) is 3.31. The SMILES string of the molecule is CCCN1C(=O)c2ccccc2N2C(=S)Nc3ccccc3C12. The summed E-state index contributed by atoms with van der Waals surface area (Å²) in [5, 5.41) is 3.93. The highest BCUT2D eigenvalue weighted by atomic mass is 32.1. The number of nitrogens with one attached hydrogen (secondary N) is 1. The second-order valence-electron chi connectivity index (χ2n) is 5.78. The number of para-hydroxylation sites is 2. The molecule has 2 aliphatic heterocycles. The molecule has 1 N–H and O–H groups in total. The lowest BCUT2D eigenvalue weighted by Gasteiger charge is -2.48. The van der Waals surface area contributed by atoms with E-state index >= 15 is 0 Å². The second-order valence-corrected chi connectivity index (χ2v) is 6.16. The van der Waals surface area contributed by atoms with Gasteiger partial charge in [0.15, 0.2) is 5.11 Å². The minimum Gasteiger partial charge on any atom is -0.332 e. The highest BCUT2D eigenvalue weighted by molar-refractivity contribution is 7.80. The van der Waals surface area contributed by atoms with Gasteiger partial charge in [0.1, 0.15) is 6.17 Å². The third kappa shape index (κ3) is 2.04. The fraction of sp³-hybridized carbons (Fsp3) is 0.222. The van der Waals surface area contributed by atoms with Gasteiger partial charge in [0.2, 0.25) is 0 Å². The highest BCUT2D eigenvalue weighted by Crippen LogP contribution is 2.43. The summed E-state index contributed by atoms with van der Waals surface area (Å²) in [6, 6.07) is 15.7. The van der Waals surface area contributed by atoms with Crippen molar-refractivity contribution in [3.8, 4) is 0 Å². The van der Waals surface area contributed by atoms with Crippen molar-refractivity contribution in [1.29, 1.82) is 0 Å². The van der Waals surface area contributed by atoms with Gasteiger partial charge in [-0.05, 0) is 36.8 Å². The lowest BCUT2D eigenvalue weighted by molar-refractivity contribution is 0.0663. The number of benzene rings is 2. The zero-order valence-corrected chi connectivity index (χ0v) is 13.6. The molecule has 2 heterocycles. The van der Waals surface area contributed by atoms with E-state index in [1.54, 1.807) is 0 Å². The zero-order chi connectivity index (χ0) is 16.0. The summed E-state index contributed by atoms with van der Waals surface area (Å²) in [5.74, 6) is 0.0724. The summed E-state index contributed by atoms with van der Waals surface area (Å²) < 4.78 is 0. The highest BCUT2D eigenvalue weighted by Gasteiger charge is 2.42. The van der Waals surface area contributed by atoms with E-state index in [0.29, 0.717) is 17.2 Å². The molecular formula is C18H17N3OS. The van der Waals surface area contributed by atoms with Crippen LogP contribution in [-0.2, 0) is 0 Å². The largest absolute Gasteiger partial charge is 0.332 e. The van der Waals surface area contributed by atoms with Crippen LogP contribution in [-0.4, -0.2) is 22.5 Å². The number of carbonyl (C=O) groups is 1. The second kappa shape index (κ2) is 5.35. The molecule has 116 valence electrons. The number of thiocarbonyl (C=S) groups is 1. The van der Waals surface area contributed by atoms with Gasteiger partial charge >= 0.3 is 0 Å². The van der Waals surface area contributed by atoms with E-state index in [1.807, 2.05) is 47.4 Å². The first kappa shape index (κ1) is 14.2. The van der Waals surface area contributed by atoms with Crippen LogP contribution in [0, 0.1) is 0 Å². The van der Waals surface area contributed by atoms with E-state index in [0.717, 1.165) is 23.4 Å². The smallest absolute Gasteiger partial charge is 0.257 e.